The lowest BCUT2D eigenvalue weighted by Crippen LogP contribution is -2.47. The van der Waals surface area contributed by atoms with Gasteiger partial charge in [-0.2, -0.15) is 0 Å². The summed E-state index contributed by atoms with van der Waals surface area (Å²) in [7, 11) is 2.17. The van der Waals surface area contributed by atoms with E-state index in [0.717, 1.165) is 57.7 Å². The zero-order valence-electron chi connectivity index (χ0n) is 15.5. The van der Waals surface area contributed by atoms with Gasteiger partial charge in [-0.15, -0.1) is 0 Å². The molecular weight excluding hydrogens is 296 g/mol. The molecule has 0 aliphatic carbocycles. The molecule has 3 rings (SSSR count). The number of hydrogen-bond acceptors (Lipinski definition) is 2. The van der Waals surface area contributed by atoms with Crippen LogP contribution in [0.5, 0.6) is 0 Å². The Kier molecular flexibility index (Phi) is 5.60. The summed E-state index contributed by atoms with van der Waals surface area (Å²) < 4.78 is 0. The van der Waals surface area contributed by atoms with Crippen LogP contribution in [-0.4, -0.2) is 48.4 Å². The van der Waals surface area contributed by atoms with E-state index >= 15 is 0 Å². The molecule has 132 valence electrons. The molecule has 0 spiro atoms. The number of piperidine rings is 2. The van der Waals surface area contributed by atoms with Crippen LogP contribution in [0.3, 0.4) is 0 Å². The maximum Gasteiger partial charge on any atom is 0.225 e. The number of hydrogen-bond donors (Lipinski definition) is 0. The third kappa shape index (κ3) is 4.18. The Labute approximate surface area is 147 Å². The van der Waals surface area contributed by atoms with Crippen molar-refractivity contribution in [3.05, 3.63) is 35.4 Å². The number of carbonyl (C=O) groups excluding carboxylic acids is 1. The van der Waals surface area contributed by atoms with Crippen molar-refractivity contribution in [1.29, 1.82) is 0 Å². The maximum absolute atomic E-state index is 12.8. The van der Waals surface area contributed by atoms with Crippen LogP contribution in [0.2, 0.25) is 0 Å². The highest BCUT2D eigenvalue weighted by Gasteiger charge is 2.32. The zero-order chi connectivity index (χ0) is 17.1. The van der Waals surface area contributed by atoms with Crippen LogP contribution in [0.1, 0.15) is 43.7 Å². The summed E-state index contributed by atoms with van der Waals surface area (Å²) in [6.45, 7) is 7.35. The van der Waals surface area contributed by atoms with Crippen LogP contribution in [0.25, 0.3) is 0 Å². The van der Waals surface area contributed by atoms with Gasteiger partial charge in [0.2, 0.25) is 5.91 Å². The molecule has 0 radical (unpaired) electrons. The van der Waals surface area contributed by atoms with Crippen LogP contribution >= 0.6 is 0 Å². The van der Waals surface area contributed by atoms with E-state index in [0.29, 0.717) is 11.9 Å². The van der Waals surface area contributed by atoms with E-state index in [4.69, 9.17) is 0 Å². The van der Waals surface area contributed by atoms with Crippen LogP contribution in [0.4, 0.5) is 0 Å². The molecule has 1 aromatic carbocycles. The second kappa shape index (κ2) is 7.69. The largest absolute Gasteiger partial charge is 0.342 e. The summed E-state index contributed by atoms with van der Waals surface area (Å²) in [5.41, 5.74) is 2.76. The second-order valence-electron chi connectivity index (χ2n) is 8.01. The number of nitrogens with zero attached hydrogens (tertiary/aromatic N) is 2. The van der Waals surface area contributed by atoms with Crippen LogP contribution in [0, 0.1) is 18.8 Å². The molecule has 3 nitrogen and oxygen atoms in total. The van der Waals surface area contributed by atoms with Crippen molar-refractivity contribution in [3.8, 4) is 0 Å². The van der Waals surface area contributed by atoms with Gasteiger partial charge in [-0.3, -0.25) is 4.79 Å². The molecule has 0 saturated carbocycles. The van der Waals surface area contributed by atoms with Crippen molar-refractivity contribution in [2.45, 2.75) is 52.0 Å². The number of aryl methyl sites for hydroxylation is 1. The summed E-state index contributed by atoms with van der Waals surface area (Å²) in [5.74, 6) is 1.40. The van der Waals surface area contributed by atoms with E-state index in [-0.39, 0.29) is 5.92 Å². The van der Waals surface area contributed by atoms with E-state index in [1.54, 1.807) is 0 Å². The fourth-order valence-electron chi connectivity index (χ4n) is 4.19. The number of rotatable bonds is 3. The molecule has 2 fully saturated rings. The van der Waals surface area contributed by atoms with Crippen LogP contribution in [-0.2, 0) is 11.2 Å². The second-order valence-corrected chi connectivity index (χ2v) is 8.01. The summed E-state index contributed by atoms with van der Waals surface area (Å²) >= 11 is 0. The summed E-state index contributed by atoms with van der Waals surface area (Å²) in [6.07, 6.45) is 5.53. The van der Waals surface area contributed by atoms with Crippen molar-refractivity contribution >= 4 is 5.91 Å². The predicted octanol–water partition coefficient (Wildman–Crippen LogP) is 3.51. The average molecular weight is 329 g/mol. The Balaban J connectivity index is 1.48. The van der Waals surface area contributed by atoms with E-state index < -0.39 is 0 Å². The number of benzene rings is 1. The number of carbonyl (C=O) groups is 1. The van der Waals surface area contributed by atoms with Gasteiger partial charge in [-0.05, 0) is 71.0 Å². The van der Waals surface area contributed by atoms with Gasteiger partial charge in [-0.25, -0.2) is 0 Å². The van der Waals surface area contributed by atoms with Gasteiger partial charge in [0.05, 0.1) is 0 Å². The topological polar surface area (TPSA) is 23.6 Å². The molecule has 2 aliphatic heterocycles. The minimum absolute atomic E-state index is 0.254. The van der Waals surface area contributed by atoms with Gasteiger partial charge in [0.15, 0.2) is 0 Å². The number of likely N-dealkylation sites (tertiary alicyclic amines) is 2. The Hall–Kier alpha value is -1.35. The quantitative estimate of drug-likeness (QED) is 0.848. The Morgan fingerprint density at radius 3 is 2.38 bits per heavy atom. The summed E-state index contributed by atoms with van der Waals surface area (Å²) in [6, 6.07) is 9.45. The van der Waals surface area contributed by atoms with E-state index in [1.165, 1.54) is 11.1 Å². The predicted molar refractivity (Wildman–Crippen MR) is 99.0 cm³/mol. The van der Waals surface area contributed by atoms with Crippen molar-refractivity contribution in [1.82, 2.24) is 9.80 Å². The minimum atomic E-state index is 0.254. The summed E-state index contributed by atoms with van der Waals surface area (Å²) in [5, 5.41) is 0. The average Bonchev–Trinajstić information content (AvgIpc) is 2.59. The molecular formula is C21H32N2O. The lowest BCUT2D eigenvalue weighted by Gasteiger charge is -2.39. The lowest BCUT2D eigenvalue weighted by atomic mass is 9.87. The fourth-order valence-corrected chi connectivity index (χ4v) is 4.19. The molecule has 0 unspecified atom stereocenters. The van der Waals surface area contributed by atoms with Gasteiger partial charge in [-0.1, -0.05) is 29.8 Å². The Bertz CT molecular complexity index is 545. The van der Waals surface area contributed by atoms with Crippen molar-refractivity contribution < 1.29 is 4.79 Å². The van der Waals surface area contributed by atoms with Gasteiger partial charge in [0.1, 0.15) is 0 Å². The highest BCUT2D eigenvalue weighted by molar-refractivity contribution is 5.79. The smallest absolute Gasteiger partial charge is 0.225 e. The highest BCUT2D eigenvalue weighted by atomic mass is 16.2. The fraction of sp³-hybridized carbons (Fsp3) is 0.667. The monoisotopic (exact) mass is 328 g/mol. The summed E-state index contributed by atoms with van der Waals surface area (Å²) in [4.78, 5) is 17.3. The molecule has 2 saturated heterocycles. The first-order chi connectivity index (χ1) is 11.5. The zero-order valence-corrected chi connectivity index (χ0v) is 15.5. The van der Waals surface area contributed by atoms with Gasteiger partial charge in [0.25, 0.3) is 0 Å². The lowest BCUT2D eigenvalue weighted by molar-refractivity contribution is -0.139. The number of amides is 1. The molecule has 2 atom stereocenters. The molecule has 2 aliphatic rings. The SMILES string of the molecule is Cc1ccc(CC2CCN(C(=O)[C@@H]3CCN(C)[C@H](C)C3)CC2)cc1. The maximum atomic E-state index is 12.8. The van der Waals surface area contributed by atoms with Gasteiger partial charge < -0.3 is 9.80 Å². The molecule has 3 heteroatoms. The third-order valence-electron chi connectivity index (χ3n) is 6.13. The van der Waals surface area contributed by atoms with Gasteiger partial charge >= 0.3 is 0 Å². The molecule has 0 N–H and O–H groups in total. The van der Waals surface area contributed by atoms with Crippen molar-refractivity contribution in [2.75, 3.05) is 26.7 Å². The van der Waals surface area contributed by atoms with Gasteiger partial charge in [0, 0.05) is 25.0 Å². The first kappa shape index (κ1) is 17.5. The first-order valence-electron chi connectivity index (χ1n) is 9.57. The van der Waals surface area contributed by atoms with E-state index in [9.17, 15) is 4.79 Å². The molecule has 0 aromatic heterocycles. The molecule has 1 aromatic rings. The van der Waals surface area contributed by atoms with E-state index in [1.807, 2.05) is 0 Å². The Morgan fingerprint density at radius 2 is 1.75 bits per heavy atom. The van der Waals surface area contributed by atoms with Crippen LogP contribution in [0.15, 0.2) is 24.3 Å². The highest BCUT2D eigenvalue weighted by Crippen LogP contribution is 2.27. The minimum Gasteiger partial charge on any atom is -0.342 e. The first-order valence-corrected chi connectivity index (χ1v) is 9.57. The molecule has 1 amide bonds. The van der Waals surface area contributed by atoms with E-state index in [2.05, 4.69) is 55.0 Å². The Morgan fingerprint density at radius 1 is 1.08 bits per heavy atom. The third-order valence-corrected chi connectivity index (χ3v) is 6.13. The van der Waals surface area contributed by atoms with Crippen LogP contribution < -0.4 is 0 Å². The molecule has 0 bridgehead atoms. The van der Waals surface area contributed by atoms with Crippen molar-refractivity contribution in [2.24, 2.45) is 11.8 Å². The van der Waals surface area contributed by atoms with Crippen molar-refractivity contribution in [3.63, 3.8) is 0 Å². The molecule has 24 heavy (non-hydrogen) atoms. The standard InChI is InChI=1S/C21H32N2O/c1-16-4-6-18(7-5-16)15-19-8-12-23(13-9-19)21(24)20-10-11-22(3)17(2)14-20/h4-7,17,19-20H,8-15H2,1-3H3/t17-,20-/m1/s1. The normalized spacial score (nSPS) is 26.5. The molecule has 2 heterocycles.